The maximum Gasteiger partial charge on any atom is 0.149 e. The summed E-state index contributed by atoms with van der Waals surface area (Å²) in [6.07, 6.45) is 0.343. The van der Waals surface area contributed by atoms with Gasteiger partial charge in [-0.15, -0.1) is 0 Å². The summed E-state index contributed by atoms with van der Waals surface area (Å²) in [5, 5.41) is 9.25. The first kappa shape index (κ1) is 13.1. The molecule has 1 aliphatic rings. The lowest BCUT2D eigenvalue weighted by molar-refractivity contribution is -0.00546. The fourth-order valence-electron chi connectivity index (χ4n) is 2.28. The van der Waals surface area contributed by atoms with Crippen LogP contribution in [0.2, 0.25) is 5.15 Å². The predicted molar refractivity (Wildman–Crippen MR) is 70.9 cm³/mol. The van der Waals surface area contributed by atoms with E-state index in [1.165, 1.54) is 0 Å². The molecule has 0 aliphatic carbocycles. The molecular weight excluding hydrogens is 250 g/mol. The Kier molecular flexibility index (Phi) is 3.74. The van der Waals surface area contributed by atoms with Crippen molar-refractivity contribution in [1.82, 2.24) is 4.98 Å². The Morgan fingerprint density at radius 1 is 1.44 bits per heavy atom. The van der Waals surface area contributed by atoms with Gasteiger partial charge in [-0.3, -0.25) is 0 Å². The minimum absolute atomic E-state index is 0.172. The van der Waals surface area contributed by atoms with Crippen molar-refractivity contribution >= 4 is 17.4 Å². The number of hydrogen-bond acceptors (Lipinski definition) is 4. The van der Waals surface area contributed by atoms with Crippen molar-refractivity contribution in [3.8, 4) is 6.07 Å². The molecular formula is C13H16ClN3O. The van der Waals surface area contributed by atoms with E-state index in [1.54, 1.807) is 0 Å². The number of pyridine rings is 1. The lowest BCUT2D eigenvalue weighted by Crippen LogP contribution is -2.45. The molecule has 1 aromatic heterocycles. The SMILES string of the molecule is Cc1cc(N2CC(C)OC(C)C2)nc(Cl)c1C#N. The monoisotopic (exact) mass is 265 g/mol. The molecule has 0 aromatic carbocycles. The van der Waals surface area contributed by atoms with Crippen LogP contribution < -0.4 is 4.90 Å². The summed E-state index contributed by atoms with van der Waals surface area (Å²) in [5.41, 5.74) is 1.31. The minimum atomic E-state index is 0.172. The van der Waals surface area contributed by atoms with Crippen LogP contribution in [0.3, 0.4) is 0 Å². The van der Waals surface area contributed by atoms with Crippen LogP contribution in [0.25, 0.3) is 0 Å². The molecule has 0 bridgehead atoms. The summed E-state index contributed by atoms with van der Waals surface area (Å²) in [7, 11) is 0. The Hall–Kier alpha value is -1.31. The van der Waals surface area contributed by atoms with Crippen molar-refractivity contribution in [2.45, 2.75) is 33.0 Å². The van der Waals surface area contributed by atoms with E-state index in [9.17, 15) is 0 Å². The Balaban J connectivity index is 2.32. The fraction of sp³-hybridized carbons (Fsp3) is 0.538. The molecule has 18 heavy (non-hydrogen) atoms. The zero-order valence-corrected chi connectivity index (χ0v) is 11.5. The van der Waals surface area contributed by atoms with Gasteiger partial charge in [0.15, 0.2) is 0 Å². The Bertz CT molecular complexity index is 464. The second-order valence-electron chi connectivity index (χ2n) is 4.74. The molecule has 1 fully saturated rings. The molecule has 96 valence electrons. The van der Waals surface area contributed by atoms with Gasteiger partial charge in [0.05, 0.1) is 17.8 Å². The first-order chi connectivity index (χ1) is 8.51. The lowest BCUT2D eigenvalue weighted by atomic mass is 10.1. The predicted octanol–water partition coefficient (Wildman–Crippen LogP) is 2.53. The molecule has 0 N–H and O–H groups in total. The highest BCUT2D eigenvalue weighted by atomic mass is 35.5. The number of aryl methyl sites for hydroxylation is 1. The average molecular weight is 266 g/mol. The van der Waals surface area contributed by atoms with Crippen molar-refractivity contribution in [3.63, 3.8) is 0 Å². The molecule has 0 spiro atoms. The van der Waals surface area contributed by atoms with Crippen LogP contribution >= 0.6 is 11.6 Å². The highest BCUT2D eigenvalue weighted by molar-refractivity contribution is 6.30. The van der Waals surface area contributed by atoms with Gasteiger partial charge in [-0.05, 0) is 32.4 Å². The molecule has 2 rings (SSSR count). The summed E-state index contributed by atoms with van der Waals surface area (Å²) in [5.74, 6) is 0.818. The van der Waals surface area contributed by atoms with Gasteiger partial charge in [0.25, 0.3) is 0 Å². The van der Waals surface area contributed by atoms with Gasteiger partial charge in [0.2, 0.25) is 0 Å². The number of halogens is 1. The number of rotatable bonds is 1. The first-order valence-corrected chi connectivity index (χ1v) is 6.36. The first-order valence-electron chi connectivity index (χ1n) is 5.99. The molecule has 5 heteroatoms. The number of nitrogens with zero attached hydrogens (tertiary/aromatic N) is 3. The summed E-state index contributed by atoms with van der Waals surface area (Å²) >= 11 is 6.04. The zero-order valence-electron chi connectivity index (χ0n) is 10.8. The lowest BCUT2D eigenvalue weighted by Gasteiger charge is -2.36. The minimum Gasteiger partial charge on any atom is -0.372 e. The molecule has 1 saturated heterocycles. The van der Waals surface area contributed by atoms with Crippen LogP contribution in [-0.4, -0.2) is 30.3 Å². The van der Waals surface area contributed by atoms with Gasteiger partial charge in [-0.1, -0.05) is 11.6 Å². The van der Waals surface area contributed by atoms with Crippen molar-refractivity contribution in [2.75, 3.05) is 18.0 Å². The van der Waals surface area contributed by atoms with E-state index in [2.05, 4.69) is 16.0 Å². The Labute approximate surface area is 112 Å². The standard InChI is InChI=1S/C13H16ClN3O/c1-8-4-12(16-13(14)11(8)5-15)17-6-9(2)18-10(3)7-17/h4,9-10H,6-7H2,1-3H3. The van der Waals surface area contributed by atoms with E-state index in [4.69, 9.17) is 21.6 Å². The average Bonchev–Trinajstić information content (AvgIpc) is 2.27. The number of hydrogen-bond donors (Lipinski definition) is 0. The maximum absolute atomic E-state index is 8.98. The highest BCUT2D eigenvalue weighted by Crippen LogP contribution is 2.25. The summed E-state index contributed by atoms with van der Waals surface area (Å²) in [6.45, 7) is 7.54. The van der Waals surface area contributed by atoms with E-state index >= 15 is 0 Å². The molecule has 4 nitrogen and oxygen atoms in total. The van der Waals surface area contributed by atoms with Crippen molar-refractivity contribution in [2.24, 2.45) is 0 Å². The van der Waals surface area contributed by atoms with E-state index in [1.807, 2.05) is 26.8 Å². The van der Waals surface area contributed by atoms with Crippen molar-refractivity contribution in [3.05, 3.63) is 22.3 Å². The Morgan fingerprint density at radius 2 is 2.06 bits per heavy atom. The van der Waals surface area contributed by atoms with E-state index < -0.39 is 0 Å². The van der Waals surface area contributed by atoms with Gasteiger partial charge in [-0.2, -0.15) is 5.26 Å². The highest BCUT2D eigenvalue weighted by Gasteiger charge is 2.24. The number of morpholine rings is 1. The van der Waals surface area contributed by atoms with Crippen LogP contribution in [0, 0.1) is 18.3 Å². The van der Waals surface area contributed by atoms with Crippen LogP contribution in [0.15, 0.2) is 6.07 Å². The van der Waals surface area contributed by atoms with Gasteiger partial charge >= 0.3 is 0 Å². The topological polar surface area (TPSA) is 49.1 Å². The van der Waals surface area contributed by atoms with Crippen LogP contribution in [0.1, 0.15) is 25.0 Å². The van der Waals surface area contributed by atoms with Crippen molar-refractivity contribution < 1.29 is 4.74 Å². The third-order valence-electron chi connectivity index (χ3n) is 3.01. The zero-order chi connectivity index (χ0) is 13.3. The molecule has 2 atom stereocenters. The molecule has 1 aliphatic heterocycles. The smallest absolute Gasteiger partial charge is 0.149 e. The summed E-state index contributed by atoms with van der Waals surface area (Å²) in [6, 6.07) is 3.99. The number of aromatic nitrogens is 1. The largest absolute Gasteiger partial charge is 0.372 e. The molecule has 2 unspecified atom stereocenters. The van der Waals surface area contributed by atoms with E-state index in [0.29, 0.717) is 5.56 Å². The van der Waals surface area contributed by atoms with Gasteiger partial charge in [-0.25, -0.2) is 4.98 Å². The number of nitriles is 1. The summed E-state index contributed by atoms with van der Waals surface area (Å²) < 4.78 is 5.69. The third-order valence-corrected chi connectivity index (χ3v) is 3.29. The molecule has 2 heterocycles. The quantitative estimate of drug-likeness (QED) is 0.732. The van der Waals surface area contributed by atoms with Crippen LogP contribution in [0.5, 0.6) is 0 Å². The van der Waals surface area contributed by atoms with Crippen LogP contribution in [-0.2, 0) is 4.74 Å². The molecule has 0 saturated carbocycles. The van der Waals surface area contributed by atoms with E-state index in [0.717, 1.165) is 24.5 Å². The number of ether oxygens (including phenoxy) is 1. The third kappa shape index (κ3) is 2.58. The van der Waals surface area contributed by atoms with Gasteiger partial charge in [0.1, 0.15) is 17.0 Å². The molecule has 0 radical (unpaired) electrons. The molecule has 1 aromatic rings. The van der Waals surface area contributed by atoms with Gasteiger partial charge in [0, 0.05) is 13.1 Å². The summed E-state index contributed by atoms with van der Waals surface area (Å²) in [4.78, 5) is 6.46. The Morgan fingerprint density at radius 3 is 2.56 bits per heavy atom. The number of anilines is 1. The molecule has 0 amide bonds. The fourth-order valence-corrected chi connectivity index (χ4v) is 2.56. The second kappa shape index (κ2) is 5.13. The second-order valence-corrected chi connectivity index (χ2v) is 5.10. The van der Waals surface area contributed by atoms with Gasteiger partial charge < -0.3 is 9.64 Å². The van der Waals surface area contributed by atoms with Crippen molar-refractivity contribution in [1.29, 1.82) is 5.26 Å². The maximum atomic E-state index is 8.98. The normalized spacial score (nSPS) is 23.8. The van der Waals surface area contributed by atoms with E-state index in [-0.39, 0.29) is 17.4 Å². The van der Waals surface area contributed by atoms with Crippen LogP contribution in [0.4, 0.5) is 5.82 Å².